The highest BCUT2D eigenvalue weighted by Gasteiger charge is 2.34. The number of carbonyl (C=O) groups is 2. The summed E-state index contributed by atoms with van der Waals surface area (Å²) in [6.07, 6.45) is 3.92. The Bertz CT molecular complexity index is 918. The van der Waals surface area contributed by atoms with Crippen molar-refractivity contribution in [3.63, 3.8) is 0 Å². The van der Waals surface area contributed by atoms with Crippen molar-refractivity contribution in [1.82, 2.24) is 9.80 Å². The van der Waals surface area contributed by atoms with E-state index in [0.717, 1.165) is 29.0 Å². The first-order chi connectivity index (χ1) is 14.2. The van der Waals surface area contributed by atoms with Crippen LogP contribution in [-0.4, -0.2) is 34.2 Å². The zero-order chi connectivity index (χ0) is 20.1. The molecule has 1 aromatic carbocycles. The Labute approximate surface area is 174 Å². The summed E-state index contributed by atoms with van der Waals surface area (Å²) in [5.41, 5.74) is 1.05. The summed E-state index contributed by atoms with van der Waals surface area (Å²) < 4.78 is 5.46. The molecule has 1 fully saturated rings. The zero-order valence-electron chi connectivity index (χ0n) is 16.2. The first-order valence-electron chi connectivity index (χ1n) is 9.85. The van der Waals surface area contributed by atoms with E-state index in [9.17, 15) is 9.59 Å². The van der Waals surface area contributed by atoms with E-state index in [2.05, 4.69) is 0 Å². The summed E-state index contributed by atoms with van der Waals surface area (Å²) in [6.45, 7) is 0.985. The monoisotopic (exact) mass is 408 g/mol. The van der Waals surface area contributed by atoms with E-state index in [4.69, 9.17) is 4.42 Å². The summed E-state index contributed by atoms with van der Waals surface area (Å²) in [4.78, 5) is 30.6. The van der Waals surface area contributed by atoms with E-state index in [0.29, 0.717) is 19.5 Å². The number of hydrogen-bond acceptors (Lipinski definition) is 4. The number of carbonyl (C=O) groups excluding carboxylic acids is 2. The van der Waals surface area contributed by atoms with Gasteiger partial charge < -0.3 is 14.2 Å². The van der Waals surface area contributed by atoms with E-state index in [1.54, 1.807) is 27.4 Å². The predicted molar refractivity (Wildman–Crippen MR) is 112 cm³/mol. The van der Waals surface area contributed by atoms with Crippen molar-refractivity contribution in [2.75, 3.05) is 6.54 Å². The molecule has 0 saturated heterocycles. The Morgan fingerprint density at radius 2 is 1.79 bits per heavy atom. The first-order valence-corrected chi connectivity index (χ1v) is 10.7. The van der Waals surface area contributed by atoms with Gasteiger partial charge in [0, 0.05) is 17.5 Å². The van der Waals surface area contributed by atoms with Crippen LogP contribution < -0.4 is 0 Å². The molecule has 1 aliphatic carbocycles. The quantitative estimate of drug-likeness (QED) is 0.536. The largest absolute Gasteiger partial charge is 0.467 e. The maximum absolute atomic E-state index is 13.2. The fraction of sp³-hybridized carbons (Fsp3) is 0.304. The molecule has 0 unspecified atom stereocenters. The lowest BCUT2D eigenvalue weighted by Crippen LogP contribution is -2.44. The van der Waals surface area contributed by atoms with Gasteiger partial charge in [-0.25, -0.2) is 0 Å². The molecule has 3 aromatic rings. The summed E-state index contributed by atoms with van der Waals surface area (Å²) >= 11 is 1.58. The van der Waals surface area contributed by atoms with Crippen molar-refractivity contribution >= 4 is 23.2 Å². The molecule has 0 aliphatic heterocycles. The standard InChI is InChI=1S/C23H24N2O3S/c26-22(14-21-9-5-13-29-21)25(19-10-11-19)17-23(27)24(16-20-8-4-12-28-20)15-18-6-2-1-3-7-18/h1-9,12-13,19H,10-11,14-17H2. The number of thiophene rings is 1. The molecule has 0 radical (unpaired) electrons. The summed E-state index contributed by atoms with van der Waals surface area (Å²) in [6, 6.07) is 17.7. The average molecular weight is 409 g/mol. The highest BCUT2D eigenvalue weighted by Crippen LogP contribution is 2.28. The van der Waals surface area contributed by atoms with E-state index in [-0.39, 0.29) is 24.4 Å². The van der Waals surface area contributed by atoms with Crippen molar-refractivity contribution < 1.29 is 14.0 Å². The van der Waals surface area contributed by atoms with Gasteiger partial charge in [-0.2, -0.15) is 0 Å². The number of rotatable bonds is 9. The molecule has 150 valence electrons. The molecule has 0 atom stereocenters. The second-order valence-electron chi connectivity index (χ2n) is 7.32. The molecule has 4 rings (SSSR count). The van der Waals surface area contributed by atoms with Gasteiger partial charge in [0.2, 0.25) is 11.8 Å². The topological polar surface area (TPSA) is 53.8 Å². The number of furan rings is 1. The SMILES string of the molecule is O=C(CN(C(=O)Cc1cccs1)C1CC1)N(Cc1ccccc1)Cc1ccco1. The molecule has 2 amide bonds. The van der Waals surface area contributed by atoms with Crippen molar-refractivity contribution in [3.05, 3.63) is 82.4 Å². The van der Waals surface area contributed by atoms with E-state index >= 15 is 0 Å². The second-order valence-corrected chi connectivity index (χ2v) is 8.36. The minimum atomic E-state index is -0.0586. The highest BCUT2D eigenvalue weighted by atomic mass is 32.1. The van der Waals surface area contributed by atoms with Crippen LogP contribution in [0, 0.1) is 0 Å². The van der Waals surface area contributed by atoms with Gasteiger partial charge in [-0.15, -0.1) is 11.3 Å². The number of nitrogens with zero attached hydrogens (tertiary/aromatic N) is 2. The Hall–Kier alpha value is -2.86. The molecule has 5 nitrogen and oxygen atoms in total. The van der Waals surface area contributed by atoms with Crippen molar-refractivity contribution in [2.24, 2.45) is 0 Å². The molecule has 0 N–H and O–H groups in total. The average Bonchev–Trinajstić information content (AvgIpc) is 3.19. The van der Waals surface area contributed by atoms with Crippen LogP contribution in [0.15, 0.2) is 70.7 Å². The molecule has 2 heterocycles. The Balaban J connectivity index is 1.46. The van der Waals surface area contributed by atoms with Gasteiger partial charge in [0.15, 0.2) is 0 Å². The fourth-order valence-electron chi connectivity index (χ4n) is 3.34. The molecule has 1 saturated carbocycles. The predicted octanol–water partition coefficient (Wildman–Crippen LogP) is 4.10. The zero-order valence-corrected chi connectivity index (χ0v) is 17.0. The summed E-state index contributed by atoms with van der Waals surface area (Å²) in [5.74, 6) is 0.704. The van der Waals surface area contributed by atoms with Gasteiger partial charge in [-0.05, 0) is 42.0 Å². The normalized spacial score (nSPS) is 13.2. The van der Waals surface area contributed by atoms with Crippen molar-refractivity contribution in [1.29, 1.82) is 0 Å². The van der Waals surface area contributed by atoms with Gasteiger partial charge in [-0.1, -0.05) is 36.4 Å². The number of benzene rings is 1. The maximum atomic E-state index is 13.2. The van der Waals surface area contributed by atoms with Gasteiger partial charge in [0.05, 0.1) is 19.2 Å². The third-order valence-electron chi connectivity index (χ3n) is 5.01. The summed E-state index contributed by atoms with van der Waals surface area (Å²) in [5, 5.41) is 1.97. The van der Waals surface area contributed by atoms with Crippen LogP contribution >= 0.6 is 11.3 Å². The maximum Gasteiger partial charge on any atom is 0.242 e. The van der Waals surface area contributed by atoms with Crippen LogP contribution in [0.25, 0.3) is 0 Å². The molecule has 0 spiro atoms. The Kier molecular flexibility index (Phi) is 6.10. The van der Waals surface area contributed by atoms with Crippen LogP contribution in [0.3, 0.4) is 0 Å². The van der Waals surface area contributed by atoms with Crippen LogP contribution in [0.4, 0.5) is 0 Å². The van der Waals surface area contributed by atoms with Gasteiger partial charge >= 0.3 is 0 Å². The molecule has 6 heteroatoms. The lowest BCUT2D eigenvalue weighted by molar-refractivity contribution is -0.141. The van der Waals surface area contributed by atoms with Crippen molar-refractivity contribution in [2.45, 2.75) is 38.4 Å². The Morgan fingerprint density at radius 3 is 2.45 bits per heavy atom. The first kappa shape index (κ1) is 19.5. The lowest BCUT2D eigenvalue weighted by Gasteiger charge is -2.27. The fourth-order valence-corrected chi connectivity index (χ4v) is 4.04. The van der Waals surface area contributed by atoms with E-state index in [1.165, 1.54) is 0 Å². The second kappa shape index (κ2) is 9.09. The number of hydrogen-bond donors (Lipinski definition) is 0. The van der Waals surface area contributed by atoms with Gasteiger partial charge in [-0.3, -0.25) is 9.59 Å². The minimum absolute atomic E-state index is 0.0287. The third kappa shape index (κ3) is 5.35. The number of amides is 2. The van der Waals surface area contributed by atoms with Gasteiger partial charge in [0.25, 0.3) is 0 Å². The van der Waals surface area contributed by atoms with Crippen LogP contribution in [-0.2, 0) is 29.1 Å². The van der Waals surface area contributed by atoms with Crippen LogP contribution in [0.1, 0.15) is 29.0 Å². The lowest BCUT2D eigenvalue weighted by atomic mass is 10.2. The molecular weight excluding hydrogens is 384 g/mol. The molecule has 1 aliphatic rings. The molecule has 0 bridgehead atoms. The van der Waals surface area contributed by atoms with E-state index < -0.39 is 0 Å². The third-order valence-corrected chi connectivity index (χ3v) is 5.89. The van der Waals surface area contributed by atoms with E-state index in [1.807, 2.05) is 60.0 Å². The minimum Gasteiger partial charge on any atom is -0.467 e. The molecule has 2 aromatic heterocycles. The van der Waals surface area contributed by atoms with Crippen LogP contribution in [0.2, 0.25) is 0 Å². The smallest absolute Gasteiger partial charge is 0.242 e. The molecular formula is C23H24N2O3S. The Morgan fingerprint density at radius 1 is 0.966 bits per heavy atom. The highest BCUT2D eigenvalue weighted by molar-refractivity contribution is 7.10. The van der Waals surface area contributed by atoms with Gasteiger partial charge in [0.1, 0.15) is 12.3 Å². The van der Waals surface area contributed by atoms with Crippen molar-refractivity contribution in [3.8, 4) is 0 Å². The molecule has 29 heavy (non-hydrogen) atoms. The van der Waals surface area contributed by atoms with Crippen LogP contribution in [0.5, 0.6) is 0 Å². The summed E-state index contributed by atoms with van der Waals surface area (Å²) in [7, 11) is 0.